The van der Waals surface area contributed by atoms with Gasteiger partial charge in [0, 0.05) is 5.02 Å². The molecule has 0 N–H and O–H groups in total. The first-order valence-corrected chi connectivity index (χ1v) is 6.83. The fourth-order valence-corrected chi connectivity index (χ4v) is 2.94. The first kappa shape index (κ1) is 12.1. The minimum Gasteiger partial charge on any atom is -0.278 e. The molecule has 1 aromatic heterocycles. The van der Waals surface area contributed by atoms with Gasteiger partial charge in [0.05, 0.1) is 15.9 Å². The molecule has 3 nitrogen and oxygen atoms in total. The van der Waals surface area contributed by atoms with Crippen molar-refractivity contribution in [2.75, 3.05) is 4.90 Å². The van der Waals surface area contributed by atoms with Crippen LogP contribution < -0.4 is 4.90 Å². The molecule has 0 bridgehead atoms. The molecule has 0 spiro atoms. The SMILES string of the molecule is O=CN(c1cccc(Cl)c1)c1nc2ccccc2s1. The summed E-state index contributed by atoms with van der Waals surface area (Å²) in [7, 11) is 0. The van der Waals surface area contributed by atoms with Crippen molar-refractivity contribution in [3.63, 3.8) is 0 Å². The molecular formula is C14H9ClN2OS. The van der Waals surface area contributed by atoms with Crippen LogP contribution in [0.15, 0.2) is 48.5 Å². The van der Waals surface area contributed by atoms with E-state index in [1.165, 1.54) is 16.2 Å². The Hall–Kier alpha value is -1.91. The summed E-state index contributed by atoms with van der Waals surface area (Å²) in [5.41, 5.74) is 1.60. The maximum atomic E-state index is 11.3. The zero-order valence-electron chi connectivity index (χ0n) is 9.79. The molecule has 0 saturated carbocycles. The lowest BCUT2D eigenvalue weighted by atomic mass is 10.3. The molecular weight excluding hydrogens is 280 g/mol. The van der Waals surface area contributed by atoms with Crippen LogP contribution in [0.2, 0.25) is 5.02 Å². The molecule has 0 atom stereocenters. The zero-order valence-corrected chi connectivity index (χ0v) is 11.4. The third-order valence-electron chi connectivity index (χ3n) is 2.68. The Kier molecular flexibility index (Phi) is 3.19. The van der Waals surface area contributed by atoms with Crippen molar-refractivity contribution in [2.24, 2.45) is 0 Å². The van der Waals surface area contributed by atoms with Crippen LogP contribution in [-0.4, -0.2) is 11.4 Å². The van der Waals surface area contributed by atoms with Gasteiger partial charge in [-0.3, -0.25) is 9.69 Å². The highest BCUT2D eigenvalue weighted by molar-refractivity contribution is 7.22. The van der Waals surface area contributed by atoms with E-state index in [2.05, 4.69) is 4.98 Å². The summed E-state index contributed by atoms with van der Waals surface area (Å²) in [6, 6.07) is 14.9. The molecule has 2 aromatic carbocycles. The van der Waals surface area contributed by atoms with Crippen molar-refractivity contribution >= 4 is 50.4 Å². The number of hydrogen-bond donors (Lipinski definition) is 0. The van der Waals surface area contributed by atoms with Crippen molar-refractivity contribution in [2.45, 2.75) is 0 Å². The molecule has 0 radical (unpaired) electrons. The Balaban J connectivity index is 2.09. The summed E-state index contributed by atoms with van der Waals surface area (Å²) < 4.78 is 1.05. The number of amides is 1. The topological polar surface area (TPSA) is 33.2 Å². The van der Waals surface area contributed by atoms with E-state index in [0.29, 0.717) is 15.8 Å². The van der Waals surface area contributed by atoms with Crippen molar-refractivity contribution in [1.29, 1.82) is 0 Å². The number of hydrogen-bond acceptors (Lipinski definition) is 3. The van der Waals surface area contributed by atoms with Gasteiger partial charge in [-0.1, -0.05) is 41.1 Å². The highest BCUT2D eigenvalue weighted by Gasteiger charge is 2.13. The maximum Gasteiger partial charge on any atom is 0.220 e. The van der Waals surface area contributed by atoms with E-state index in [4.69, 9.17) is 11.6 Å². The van der Waals surface area contributed by atoms with Crippen LogP contribution in [-0.2, 0) is 4.79 Å². The number of aromatic nitrogens is 1. The fraction of sp³-hybridized carbons (Fsp3) is 0. The second-order valence-electron chi connectivity index (χ2n) is 3.92. The summed E-state index contributed by atoms with van der Waals surface area (Å²) in [6.45, 7) is 0. The van der Waals surface area contributed by atoms with Crippen LogP contribution in [0.1, 0.15) is 0 Å². The molecule has 0 aliphatic rings. The van der Waals surface area contributed by atoms with Crippen LogP contribution in [0.3, 0.4) is 0 Å². The van der Waals surface area contributed by atoms with Gasteiger partial charge in [-0.25, -0.2) is 4.98 Å². The van der Waals surface area contributed by atoms with Crippen molar-refractivity contribution in [3.05, 3.63) is 53.6 Å². The van der Waals surface area contributed by atoms with Gasteiger partial charge in [-0.15, -0.1) is 0 Å². The van der Waals surface area contributed by atoms with Crippen LogP contribution in [0.25, 0.3) is 10.2 Å². The van der Waals surface area contributed by atoms with Crippen LogP contribution in [0, 0.1) is 0 Å². The first-order chi connectivity index (χ1) is 9.28. The predicted octanol–water partition coefficient (Wildman–Crippen LogP) is 4.24. The molecule has 5 heteroatoms. The quantitative estimate of drug-likeness (QED) is 0.675. The van der Waals surface area contributed by atoms with E-state index in [1.807, 2.05) is 36.4 Å². The highest BCUT2D eigenvalue weighted by Crippen LogP contribution is 2.32. The second-order valence-corrected chi connectivity index (χ2v) is 5.36. The molecule has 0 saturated heterocycles. The molecule has 1 amide bonds. The van der Waals surface area contributed by atoms with Gasteiger partial charge in [-0.05, 0) is 30.3 Å². The lowest BCUT2D eigenvalue weighted by molar-refractivity contribution is -0.106. The number of rotatable bonds is 3. The molecule has 19 heavy (non-hydrogen) atoms. The summed E-state index contributed by atoms with van der Waals surface area (Å²) in [4.78, 5) is 17.3. The van der Waals surface area contributed by atoms with E-state index in [1.54, 1.807) is 12.1 Å². The zero-order chi connectivity index (χ0) is 13.2. The number of para-hydroxylation sites is 1. The van der Waals surface area contributed by atoms with Gasteiger partial charge in [0.15, 0.2) is 5.13 Å². The van der Waals surface area contributed by atoms with Gasteiger partial charge in [0.2, 0.25) is 6.41 Å². The number of nitrogens with zero attached hydrogens (tertiary/aromatic N) is 2. The summed E-state index contributed by atoms with van der Waals surface area (Å²) in [5.74, 6) is 0. The molecule has 1 heterocycles. The van der Waals surface area contributed by atoms with Gasteiger partial charge < -0.3 is 0 Å². The largest absolute Gasteiger partial charge is 0.278 e. The Morgan fingerprint density at radius 3 is 2.74 bits per heavy atom. The predicted molar refractivity (Wildman–Crippen MR) is 79.3 cm³/mol. The van der Waals surface area contributed by atoms with Gasteiger partial charge in [0.25, 0.3) is 0 Å². The molecule has 3 aromatic rings. The Morgan fingerprint density at radius 2 is 2.00 bits per heavy atom. The molecule has 0 fully saturated rings. The van der Waals surface area contributed by atoms with E-state index < -0.39 is 0 Å². The van der Waals surface area contributed by atoms with E-state index in [9.17, 15) is 4.79 Å². The average Bonchev–Trinajstić information content (AvgIpc) is 2.83. The molecule has 0 aliphatic heterocycles. The fourth-order valence-electron chi connectivity index (χ4n) is 1.81. The summed E-state index contributed by atoms with van der Waals surface area (Å²) in [6.07, 6.45) is 0.753. The molecule has 0 aliphatic carbocycles. The van der Waals surface area contributed by atoms with E-state index in [0.717, 1.165) is 16.6 Å². The number of thiazole rings is 1. The minimum atomic E-state index is 0.588. The van der Waals surface area contributed by atoms with E-state index >= 15 is 0 Å². The number of carbonyl (C=O) groups excluding carboxylic acids is 1. The van der Waals surface area contributed by atoms with Crippen molar-refractivity contribution < 1.29 is 4.79 Å². The molecule has 3 rings (SSSR count). The normalized spacial score (nSPS) is 10.6. The third kappa shape index (κ3) is 2.32. The van der Waals surface area contributed by atoms with Crippen LogP contribution >= 0.6 is 22.9 Å². The maximum absolute atomic E-state index is 11.3. The monoisotopic (exact) mass is 288 g/mol. The van der Waals surface area contributed by atoms with Crippen LogP contribution in [0.5, 0.6) is 0 Å². The number of anilines is 2. The van der Waals surface area contributed by atoms with Crippen molar-refractivity contribution in [1.82, 2.24) is 4.98 Å². The van der Waals surface area contributed by atoms with Gasteiger partial charge in [0.1, 0.15) is 0 Å². The second kappa shape index (κ2) is 4.99. The van der Waals surface area contributed by atoms with Gasteiger partial charge in [-0.2, -0.15) is 0 Å². The Morgan fingerprint density at radius 1 is 1.16 bits per heavy atom. The van der Waals surface area contributed by atoms with E-state index in [-0.39, 0.29) is 0 Å². The Labute approximate surface area is 119 Å². The average molecular weight is 289 g/mol. The summed E-state index contributed by atoms with van der Waals surface area (Å²) >= 11 is 7.42. The first-order valence-electron chi connectivity index (χ1n) is 5.63. The lowest BCUT2D eigenvalue weighted by Crippen LogP contribution is -2.13. The third-order valence-corrected chi connectivity index (χ3v) is 3.95. The van der Waals surface area contributed by atoms with Crippen LogP contribution in [0.4, 0.5) is 10.8 Å². The number of benzene rings is 2. The standard InChI is InChI=1S/C14H9ClN2OS/c15-10-4-3-5-11(8-10)17(9-18)14-16-12-6-1-2-7-13(12)19-14/h1-9H. The minimum absolute atomic E-state index is 0.588. The Bertz CT molecular complexity index is 708. The number of fused-ring (bicyclic) bond motifs is 1. The smallest absolute Gasteiger partial charge is 0.220 e. The summed E-state index contributed by atoms with van der Waals surface area (Å²) in [5, 5.41) is 1.23. The number of halogens is 1. The van der Waals surface area contributed by atoms with Crippen molar-refractivity contribution in [3.8, 4) is 0 Å². The molecule has 0 unspecified atom stereocenters. The molecule has 94 valence electrons. The lowest BCUT2D eigenvalue weighted by Gasteiger charge is -2.13. The number of carbonyl (C=O) groups is 1. The van der Waals surface area contributed by atoms with Gasteiger partial charge >= 0.3 is 0 Å². The highest BCUT2D eigenvalue weighted by atomic mass is 35.5.